The van der Waals surface area contributed by atoms with Gasteiger partial charge in [0.2, 0.25) is 0 Å². The molecule has 160 valence electrons. The topological polar surface area (TPSA) is 71.2 Å². The number of H-pyrrole nitrogens is 1. The van der Waals surface area contributed by atoms with Gasteiger partial charge in [-0.2, -0.15) is 0 Å². The second-order valence-electron chi connectivity index (χ2n) is 8.25. The molecule has 1 aromatic heterocycles. The quantitative estimate of drug-likeness (QED) is 0.715. The van der Waals surface area contributed by atoms with Crippen molar-refractivity contribution >= 4 is 23.3 Å². The van der Waals surface area contributed by atoms with Gasteiger partial charge >= 0.3 is 0 Å². The number of piperazine rings is 1. The fraction of sp³-hybridized carbons (Fsp3) is 0.435. The second-order valence-corrected chi connectivity index (χ2v) is 8.25. The van der Waals surface area contributed by atoms with Crippen LogP contribution in [0.25, 0.3) is 0 Å². The molecule has 1 aliphatic rings. The molecule has 3 N–H and O–H groups in total. The van der Waals surface area contributed by atoms with Gasteiger partial charge in [-0.05, 0) is 38.0 Å². The van der Waals surface area contributed by atoms with Gasteiger partial charge in [0.15, 0.2) is 13.1 Å². The zero-order chi connectivity index (χ0) is 21.7. The number of quaternary nitrogens is 1. The lowest BCUT2D eigenvalue weighted by molar-refractivity contribution is -0.862. The van der Waals surface area contributed by atoms with Gasteiger partial charge < -0.3 is 15.1 Å². The van der Waals surface area contributed by atoms with Crippen molar-refractivity contribution in [1.82, 2.24) is 4.90 Å². The van der Waals surface area contributed by atoms with E-state index in [1.54, 1.807) is 0 Å². The number of aryl methyl sites for hydroxylation is 3. The number of amides is 2. The number of rotatable bonds is 6. The Kier molecular flexibility index (Phi) is 7.05. The van der Waals surface area contributed by atoms with Crippen molar-refractivity contribution < 1.29 is 19.5 Å². The molecule has 1 unspecified atom stereocenters. The van der Waals surface area contributed by atoms with E-state index in [1.807, 2.05) is 57.1 Å². The SMILES string of the molecule is Cc1cc(C)c(NC(=O)C[NH+](C)CC(=O)N2CCN(c3cccc[nH+]3)CC2)c(C)c1. The van der Waals surface area contributed by atoms with Crippen molar-refractivity contribution in [2.45, 2.75) is 20.8 Å². The summed E-state index contributed by atoms with van der Waals surface area (Å²) in [5.41, 5.74) is 4.17. The molecule has 1 saturated heterocycles. The molecule has 0 saturated carbocycles. The van der Waals surface area contributed by atoms with Gasteiger partial charge in [-0.25, -0.2) is 4.98 Å². The van der Waals surface area contributed by atoms with Crippen LogP contribution in [0.1, 0.15) is 16.7 Å². The smallest absolute Gasteiger partial charge is 0.279 e. The maximum atomic E-state index is 12.7. The van der Waals surface area contributed by atoms with Crippen LogP contribution < -0.4 is 20.1 Å². The minimum atomic E-state index is -0.0696. The molecule has 7 nitrogen and oxygen atoms in total. The lowest BCUT2D eigenvalue weighted by atomic mass is 10.1. The largest absolute Gasteiger partial charge is 0.330 e. The molecule has 1 aromatic carbocycles. The Morgan fingerprint density at radius 1 is 1.03 bits per heavy atom. The molecule has 1 aliphatic heterocycles. The number of anilines is 2. The number of nitrogens with zero attached hydrogens (tertiary/aromatic N) is 2. The molecule has 0 radical (unpaired) electrons. The summed E-state index contributed by atoms with van der Waals surface area (Å²) in [7, 11) is 1.89. The van der Waals surface area contributed by atoms with Crippen molar-refractivity contribution in [3.8, 4) is 0 Å². The first kappa shape index (κ1) is 21.8. The molecule has 2 aromatic rings. The van der Waals surface area contributed by atoms with E-state index in [2.05, 4.69) is 27.3 Å². The van der Waals surface area contributed by atoms with Crippen molar-refractivity contribution in [2.24, 2.45) is 0 Å². The predicted molar refractivity (Wildman–Crippen MR) is 118 cm³/mol. The van der Waals surface area contributed by atoms with Gasteiger partial charge in [-0.15, -0.1) is 0 Å². The number of benzene rings is 1. The normalized spacial score (nSPS) is 15.1. The number of hydrogen-bond donors (Lipinski definition) is 2. The zero-order valence-corrected chi connectivity index (χ0v) is 18.4. The average Bonchev–Trinajstić information content (AvgIpc) is 2.71. The highest BCUT2D eigenvalue weighted by atomic mass is 16.2. The summed E-state index contributed by atoms with van der Waals surface area (Å²) < 4.78 is 0. The first-order valence-electron chi connectivity index (χ1n) is 10.5. The Hall–Kier alpha value is -2.93. The fourth-order valence-electron chi connectivity index (χ4n) is 4.04. The van der Waals surface area contributed by atoms with Gasteiger partial charge in [-0.1, -0.05) is 23.8 Å². The molecule has 7 heteroatoms. The van der Waals surface area contributed by atoms with Crippen LogP contribution in [-0.2, 0) is 9.59 Å². The third-order valence-corrected chi connectivity index (χ3v) is 5.52. The van der Waals surface area contributed by atoms with Gasteiger partial charge in [0.05, 0.1) is 26.3 Å². The minimum Gasteiger partial charge on any atom is -0.330 e. The Balaban J connectivity index is 1.46. The van der Waals surface area contributed by atoms with Gasteiger partial charge in [0.1, 0.15) is 13.1 Å². The molecule has 3 rings (SSSR count). The van der Waals surface area contributed by atoms with E-state index in [1.165, 1.54) is 5.56 Å². The lowest BCUT2D eigenvalue weighted by Gasteiger charge is -2.31. The minimum absolute atomic E-state index is 0.0696. The number of nitrogens with one attached hydrogen (secondary N) is 3. The number of aromatic amines is 1. The molecule has 0 bridgehead atoms. The molecule has 1 atom stereocenters. The van der Waals surface area contributed by atoms with Crippen LogP contribution in [0.15, 0.2) is 36.5 Å². The summed E-state index contributed by atoms with van der Waals surface area (Å²) in [5.74, 6) is 1.10. The van der Waals surface area contributed by atoms with Crippen molar-refractivity contribution in [1.29, 1.82) is 0 Å². The van der Waals surface area contributed by atoms with E-state index >= 15 is 0 Å². The Bertz CT molecular complexity index is 869. The molecular weight excluding hydrogens is 378 g/mol. The number of aromatic nitrogens is 1. The summed E-state index contributed by atoms with van der Waals surface area (Å²) in [6.07, 6.45) is 1.91. The number of hydrogen-bond acceptors (Lipinski definition) is 3. The molecule has 0 aliphatic carbocycles. The van der Waals surface area contributed by atoms with Crippen molar-refractivity contribution in [3.05, 3.63) is 53.2 Å². The fourth-order valence-corrected chi connectivity index (χ4v) is 4.04. The van der Waals surface area contributed by atoms with E-state index in [9.17, 15) is 9.59 Å². The molecule has 2 heterocycles. The summed E-state index contributed by atoms with van der Waals surface area (Å²) >= 11 is 0. The third kappa shape index (κ3) is 5.57. The predicted octanol–water partition coefficient (Wildman–Crippen LogP) is 0.228. The summed E-state index contributed by atoms with van der Waals surface area (Å²) in [6.45, 7) is 9.63. The number of pyridine rings is 1. The van der Waals surface area contributed by atoms with Gasteiger partial charge in [0, 0.05) is 11.8 Å². The molecule has 0 spiro atoms. The van der Waals surface area contributed by atoms with Crippen LogP contribution in [0, 0.1) is 20.8 Å². The maximum Gasteiger partial charge on any atom is 0.279 e. The van der Waals surface area contributed by atoms with Crippen molar-refractivity contribution in [2.75, 3.05) is 56.5 Å². The first-order chi connectivity index (χ1) is 14.3. The Morgan fingerprint density at radius 3 is 2.30 bits per heavy atom. The van der Waals surface area contributed by atoms with Crippen LogP contribution in [-0.4, -0.2) is 63.0 Å². The van der Waals surface area contributed by atoms with Gasteiger partial charge in [-0.3, -0.25) is 14.5 Å². The van der Waals surface area contributed by atoms with Crippen LogP contribution in [0.3, 0.4) is 0 Å². The number of likely N-dealkylation sites (N-methyl/N-ethyl adjacent to an activating group) is 1. The molecule has 1 fully saturated rings. The Labute approximate surface area is 178 Å². The van der Waals surface area contributed by atoms with E-state index in [-0.39, 0.29) is 18.4 Å². The highest BCUT2D eigenvalue weighted by Gasteiger charge is 2.27. The van der Waals surface area contributed by atoms with E-state index in [0.717, 1.165) is 40.6 Å². The highest BCUT2D eigenvalue weighted by molar-refractivity contribution is 5.93. The summed E-state index contributed by atoms with van der Waals surface area (Å²) in [5, 5.41) is 3.02. The van der Waals surface area contributed by atoms with Crippen LogP contribution in [0.4, 0.5) is 11.5 Å². The maximum absolute atomic E-state index is 12.7. The molecular formula is C23H33N5O2+2. The molecule has 30 heavy (non-hydrogen) atoms. The zero-order valence-electron chi connectivity index (χ0n) is 18.4. The van der Waals surface area contributed by atoms with Crippen LogP contribution in [0.5, 0.6) is 0 Å². The van der Waals surface area contributed by atoms with Gasteiger partial charge in [0.25, 0.3) is 17.6 Å². The average molecular weight is 412 g/mol. The number of carbonyl (C=O) groups excluding carboxylic acids is 2. The lowest BCUT2D eigenvalue weighted by Crippen LogP contribution is -3.11. The first-order valence-corrected chi connectivity index (χ1v) is 10.5. The highest BCUT2D eigenvalue weighted by Crippen LogP contribution is 2.21. The summed E-state index contributed by atoms with van der Waals surface area (Å²) in [6, 6.07) is 10.1. The second kappa shape index (κ2) is 9.71. The van der Waals surface area contributed by atoms with Crippen LogP contribution in [0.2, 0.25) is 0 Å². The van der Waals surface area contributed by atoms with Crippen molar-refractivity contribution in [3.63, 3.8) is 0 Å². The number of carbonyl (C=O) groups is 2. The van der Waals surface area contributed by atoms with E-state index in [0.29, 0.717) is 19.6 Å². The standard InChI is InChI=1S/C23H31N5O2/c1-17-13-18(2)23(19(3)14-17)25-21(29)15-26(4)16-22(30)28-11-9-27(10-12-28)20-7-5-6-8-24-20/h5-8,13-14H,9-12,15-16H2,1-4H3,(H,25,29)/p+2. The monoisotopic (exact) mass is 411 g/mol. The third-order valence-electron chi connectivity index (χ3n) is 5.52. The summed E-state index contributed by atoms with van der Waals surface area (Å²) in [4.78, 5) is 33.5. The van der Waals surface area contributed by atoms with Crippen LogP contribution >= 0.6 is 0 Å². The van der Waals surface area contributed by atoms with E-state index in [4.69, 9.17) is 0 Å². The van der Waals surface area contributed by atoms with E-state index < -0.39 is 0 Å². The molecule has 2 amide bonds. The Morgan fingerprint density at radius 2 is 1.70 bits per heavy atom.